The highest BCUT2D eigenvalue weighted by Crippen LogP contribution is 2.23. The highest BCUT2D eigenvalue weighted by molar-refractivity contribution is 5.58. The van der Waals surface area contributed by atoms with Crippen LogP contribution in [0.1, 0.15) is 11.3 Å². The van der Waals surface area contributed by atoms with Gasteiger partial charge in [0, 0.05) is 36.8 Å². The fourth-order valence-electron chi connectivity index (χ4n) is 2.26. The van der Waals surface area contributed by atoms with E-state index in [1.165, 1.54) is 0 Å². The molecule has 6 heteroatoms. The highest BCUT2D eigenvalue weighted by Gasteiger charge is 2.15. The van der Waals surface area contributed by atoms with Crippen LogP contribution in [0.3, 0.4) is 0 Å². The molecule has 1 aromatic carbocycles. The van der Waals surface area contributed by atoms with E-state index in [4.69, 9.17) is 10.5 Å². The lowest BCUT2D eigenvalue weighted by molar-refractivity contribution is 0.415. The number of benzene rings is 1. The molecule has 0 radical (unpaired) electrons. The van der Waals surface area contributed by atoms with E-state index in [1.54, 1.807) is 7.11 Å². The minimum absolute atomic E-state index is 0.524. The van der Waals surface area contributed by atoms with Gasteiger partial charge in [0.1, 0.15) is 11.6 Å². The van der Waals surface area contributed by atoms with Gasteiger partial charge in [-0.3, -0.25) is 0 Å². The summed E-state index contributed by atoms with van der Waals surface area (Å²) < 4.78 is 5.19. The zero-order valence-electron chi connectivity index (χ0n) is 11.3. The van der Waals surface area contributed by atoms with E-state index < -0.39 is 0 Å². The smallest absolute Gasteiger partial charge is 0.229 e. The Morgan fingerprint density at radius 2 is 2.25 bits per heavy atom. The number of nitrogen functional groups attached to an aromatic ring is 1. The molecule has 1 aromatic heterocycles. The number of nitrogens with zero attached hydrogens (tertiary/aromatic N) is 2. The van der Waals surface area contributed by atoms with Gasteiger partial charge in [-0.25, -0.2) is 4.98 Å². The van der Waals surface area contributed by atoms with Crippen molar-refractivity contribution in [3.63, 3.8) is 0 Å². The molecule has 1 aliphatic heterocycles. The SMILES string of the molecule is COc1cccc(Nc2nc(N)c3c(n2)CCNC3)c1. The number of ether oxygens (including phenoxy) is 1. The zero-order valence-corrected chi connectivity index (χ0v) is 11.3. The van der Waals surface area contributed by atoms with Crippen molar-refractivity contribution >= 4 is 17.5 Å². The van der Waals surface area contributed by atoms with E-state index in [0.717, 1.165) is 42.2 Å². The van der Waals surface area contributed by atoms with Crippen molar-refractivity contribution in [2.24, 2.45) is 0 Å². The molecule has 0 atom stereocenters. The molecule has 4 N–H and O–H groups in total. The third-order valence-corrected chi connectivity index (χ3v) is 3.29. The number of fused-ring (bicyclic) bond motifs is 1. The molecule has 2 heterocycles. The maximum absolute atomic E-state index is 6.00. The lowest BCUT2D eigenvalue weighted by Gasteiger charge is -2.18. The van der Waals surface area contributed by atoms with Gasteiger partial charge in [0.05, 0.1) is 12.8 Å². The second-order valence-electron chi connectivity index (χ2n) is 4.64. The summed E-state index contributed by atoms with van der Waals surface area (Å²) in [6.45, 7) is 1.66. The molecule has 0 saturated heterocycles. The number of rotatable bonds is 3. The van der Waals surface area contributed by atoms with E-state index in [9.17, 15) is 0 Å². The Labute approximate surface area is 117 Å². The van der Waals surface area contributed by atoms with Crippen molar-refractivity contribution in [3.8, 4) is 5.75 Å². The molecule has 0 spiro atoms. The Bertz CT molecular complexity index is 629. The Morgan fingerprint density at radius 3 is 3.10 bits per heavy atom. The number of methoxy groups -OCH3 is 1. The number of nitrogens with two attached hydrogens (primary N) is 1. The van der Waals surface area contributed by atoms with Gasteiger partial charge in [0.2, 0.25) is 5.95 Å². The van der Waals surface area contributed by atoms with E-state index in [-0.39, 0.29) is 0 Å². The fraction of sp³-hybridized carbons (Fsp3) is 0.286. The first-order chi connectivity index (χ1) is 9.76. The molecule has 0 fully saturated rings. The summed E-state index contributed by atoms with van der Waals surface area (Å²) in [6, 6.07) is 7.62. The van der Waals surface area contributed by atoms with Crippen LogP contribution in [0, 0.1) is 0 Å². The van der Waals surface area contributed by atoms with Crippen LogP contribution in [0.15, 0.2) is 24.3 Å². The first kappa shape index (κ1) is 12.7. The van der Waals surface area contributed by atoms with E-state index >= 15 is 0 Å². The minimum Gasteiger partial charge on any atom is -0.497 e. The normalized spacial score (nSPS) is 13.7. The second kappa shape index (κ2) is 5.34. The zero-order chi connectivity index (χ0) is 13.9. The number of hydrogen-bond acceptors (Lipinski definition) is 6. The Kier molecular flexibility index (Phi) is 3.39. The maximum atomic E-state index is 6.00. The highest BCUT2D eigenvalue weighted by atomic mass is 16.5. The minimum atomic E-state index is 0.524. The molecule has 2 aromatic rings. The van der Waals surface area contributed by atoms with Crippen LogP contribution >= 0.6 is 0 Å². The predicted molar refractivity (Wildman–Crippen MR) is 78.1 cm³/mol. The monoisotopic (exact) mass is 271 g/mol. The summed E-state index contributed by atoms with van der Waals surface area (Å²) in [5, 5.41) is 6.44. The van der Waals surface area contributed by atoms with E-state index in [0.29, 0.717) is 11.8 Å². The second-order valence-corrected chi connectivity index (χ2v) is 4.64. The Morgan fingerprint density at radius 1 is 1.35 bits per heavy atom. The van der Waals surface area contributed by atoms with Crippen LogP contribution in [0.2, 0.25) is 0 Å². The van der Waals surface area contributed by atoms with Crippen LogP contribution in [0.25, 0.3) is 0 Å². The fourth-order valence-corrected chi connectivity index (χ4v) is 2.26. The summed E-state index contributed by atoms with van der Waals surface area (Å²) in [7, 11) is 1.64. The number of aromatic nitrogens is 2. The van der Waals surface area contributed by atoms with Gasteiger partial charge in [-0.2, -0.15) is 4.98 Å². The summed E-state index contributed by atoms with van der Waals surface area (Å²) in [5.41, 5.74) is 8.89. The van der Waals surface area contributed by atoms with Gasteiger partial charge in [0.25, 0.3) is 0 Å². The summed E-state index contributed by atoms with van der Waals surface area (Å²) in [5.74, 6) is 1.84. The lowest BCUT2D eigenvalue weighted by Crippen LogP contribution is -2.26. The van der Waals surface area contributed by atoms with Gasteiger partial charge >= 0.3 is 0 Å². The first-order valence-corrected chi connectivity index (χ1v) is 6.53. The van der Waals surface area contributed by atoms with Crippen molar-refractivity contribution in [1.29, 1.82) is 0 Å². The molecular weight excluding hydrogens is 254 g/mol. The van der Waals surface area contributed by atoms with Gasteiger partial charge in [0.15, 0.2) is 0 Å². The van der Waals surface area contributed by atoms with Gasteiger partial charge < -0.3 is 21.1 Å². The number of hydrogen-bond donors (Lipinski definition) is 3. The predicted octanol–water partition coefficient (Wildman–Crippen LogP) is 1.46. The molecule has 0 saturated carbocycles. The summed E-state index contributed by atoms with van der Waals surface area (Å²) in [6.07, 6.45) is 0.870. The van der Waals surface area contributed by atoms with Crippen LogP contribution in [-0.2, 0) is 13.0 Å². The Hall–Kier alpha value is -2.34. The van der Waals surface area contributed by atoms with Crippen molar-refractivity contribution in [3.05, 3.63) is 35.5 Å². The van der Waals surface area contributed by atoms with Crippen LogP contribution in [0.5, 0.6) is 5.75 Å². The van der Waals surface area contributed by atoms with E-state index in [1.807, 2.05) is 24.3 Å². The van der Waals surface area contributed by atoms with Crippen LogP contribution in [-0.4, -0.2) is 23.6 Å². The summed E-state index contributed by atoms with van der Waals surface area (Å²) >= 11 is 0. The maximum Gasteiger partial charge on any atom is 0.229 e. The molecule has 0 amide bonds. The molecule has 1 aliphatic rings. The third-order valence-electron chi connectivity index (χ3n) is 3.29. The average Bonchev–Trinajstić information content (AvgIpc) is 2.47. The molecule has 0 aliphatic carbocycles. The number of nitrogens with one attached hydrogen (secondary N) is 2. The largest absolute Gasteiger partial charge is 0.497 e. The van der Waals surface area contributed by atoms with Crippen LogP contribution in [0.4, 0.5) is 17.5 Å². The van der Waals surface area contributed by atoms with Crippen molar-refractivity contribution in [1.82, 2.24) is 15.3 Å². The topological polar surface area (TPSA) is 85.1 Å². The molecule has 0 unspecified atom stereocenters. The first-order valence-electron chi connectivity index (χ1n) is 6.53. The van der Waals surface area contributed by atoms with Crippen molar-refractivity contribution < 1.29 is 4.74 Å². The van der Waals surface area contributed by atoms with Gasteiger partial charge in [-0.1, -0.05) is 6.07 Å². The standard InChI is InChI=1S/C14H17N5O/c1-20-10-4-2-3-9(7-10)17-14-18-12-5-6-16-8-11(12)13(15)19-14/h2-4,7,16H,5-6,8H2,1H3,(H3,15,17,18,19). The molecule has 0 bridgehead atoms. The molecule has 3 rings (SSSR count). The molecule has 104 valence electrons. The van der Waals surface area contributed by atoms with Crippen LogP contribution < -0.4 is 21.1 Å². The number of anilines is 3. The molecular formula is C14H17N5O. The lowest BCUT2D eigenvalue weighted by atomic mass is 10.1. The molecule has 20 heavy (non-hydrogen) atoms. The van der Waals surface area contributed by atoms with Crippen molar-refractivity contribution in [2.45, 2.75) is 13.0 Å². The van der Waals surface area contributed by atoms with Gasteiger partial charge in [-0.15, -0.1) is 0 Å². The van der Waals surface area contributed by atoms with Crippen molar-refractivity contribution in [2.75, 3.05) is 24.7 Å². The average molecular weight is 271 g/mol. The third kappa shape index (κ3) is 2.50. The molecule has 6 nitrogen and oxygen atoms in total. The summed E-state index contributed by atoms with van der Waals surface area (Å²) in [4.78, 5) is 8.85. The van der Waals surface area contributed by atoms with Gasteiger partial charge in [-0.05, 0) is 12.1 Å². The quantitative estimate of drug-likeness (QED) is 0.783. The Balaban J connectivity index is 1.89. The van der Waals surface area contributed by atoms with E-state index in [2.05, 4.69) is 20.6 Å².